The van der Waals surface area contributed by atoms with Crippen molar-refractivity contribution in [3.05, 3.63) is 59.5 Å². The third kappa shape index (κ3) is 2.60. The largest absolute Gasteiger partial charge is 0.456 e. The molecular weight excluding hydrogens is 308 g/mol. The van der Waals surface area contributed by atoms with Crippen molar-refractivity contribution >= 4 is 21.9 Å². The second kappa shape index (κ2) is 5.69. The minimum Gasteiger partial charge on any atom is -0.456 e. The molecule has 0 N–H and O–H groups in total. The van der Waals surface area contributed by atoms with Crippen LogP contribution in [0.15, 0.2) is 47.1 Å². The van der Waals surface area contributed by atoms with Crippen LogP contribution >= 0.6 is 0 Å². The van der Waals surface area contributed by atoms with Gasteiger partial charge in [-0.3, -0.25) is 4.98 Å². The first kappa shape index (κ1) is 9.71. The molecule has 1 aromatic carbocycles. The highest BCUT2D eigenvalue weighted by molar-refractivity contribution is 6.06. The van der Waals surface area contributed by atoms with Gasteiger partial charge >= 0.3 is 0 Å². The Labute approximate surface area is 157 Å². The van der Waals surface area contributed by atoms with Crippen LogP contribution in [-0.2, 0) is 7.05 Å². The average molecular weight is 338 g/mol. The van der Waals surface area contributed by atoms with Crippen molar-refractivity contribution in [2.24, 2.45) is 7.05 Å². The number of aryl methyl sites for hydroxylation is 3. The van der Waals surface area contributed by atoms with Crippen molar-refractivity contribution in [2.75, 3.05) is 0 Å². The van der Waals surface area contributed by atoms with Crippen LogP contribution in [0.2, 0.25) is 0 Å². The van der Waals surface area contributed by atoms with Gasteiger partial charge < -0.3 is 4.42 Å². The summed E-state index contributed by atoms with van der Waals surface area (Å²) < 4.78 is 61.9. The third-order valence-electron chi connectivity index (χ3n) is 4.50. The van der Waals surface area contributed by atoms with E-state index in [0.717, 1.165) is 22.2 Å². The van der Waals surface area contributed by atoms with Crippen LogP contribution in [-0.4, -0.2) is 4.98 Å². The maximum Gasteiger partial charge on any atom is 0.212 e. The Morgan fingerprint density at radius 1 is 1.20 bits per heavy atom. The predicted molar refractivity (Wildman–Crippen MR) is 102 cm³/mol. The fraction of sp³-hybridized carbons (Fsp3) is 0.273. The molecule has 4 rings (SSSR count). The quantitative estimate of drug-likeness (QED) is 0.469. The first-order chi connectivity index (χ1) is 14.7. The van der Waals surface area contributed by atoms with Crippen molar-refractivity contribution in [2.45, 2.75) is 33.4 Å². The lowest BCUT2D eigenvalue weighted by atomic mass is 10.0. The molecule has 0 radical (unpaired) electrons. The summed E-state index contributed by atoms with van der Waals surface area (Å²) in [6, 6.07) is 8.78. The van der Waals surface area contributed by atoms with E-state index < -0.39 is 19.6 Å². The summed E-state index contributed by atoms with van der Waals surface area (Å²) in [5.74, 6) is -1.86. The van der Waals surface area contributed by atoms with Gasteiger partial charge in [-0.15, -0.1) is 0 Å². The molecule has 126 valence electrons. The molecule has 0 aliphatic rings. The van der Waals surface area contributed by atoms with E-state index in [-0.39, 0.29) is 11.3 Å². The van der Waals surface area contributed by atoms with Gasteiger partial charge in [-0.25, -0.2) is 4.57 Å². The molecule has 0 saturated carbocycles. The van der Waals surface area contributed by atoms with Gasteiger partial charge in [-0.2, -0.15) is 0 Å². The minimum atomic E-state index is -2.53. The van der Waals surface area contributed by atoms with Crippen LogP contribution in [0.3, 0.4) is 0 Å². The van der Waals surface area contributed by atoms with Crippen LogP contribution in [0.1, 0.15) is 46.1 Å². The molecule has 0 amide bonds. The molecule has 3 aromatic heterocycles. The summed E-state index contributed by atoms with van der Waals surface area (Å²) in [6.07, 6.45) is 3.16. The van der Waals surface area contributed by atoms with E-state index in [0.29, 0.717) is 16.6 Å². The highest BCUT2D eigenvalue weighted by Crippen LogP contribution is 2.34. The zero-order valence-electron chi connectivity index (χ0n) is 21.3. The number of nitrogens with zero attached hydrogens (tertiary/aromatic N) is 2. The Bertz CT molecular complexity index is 1350. The second-order valence-corrected chi connectivity index (χ2v) is 6.37. The van der Waals surface area contributed by atoms with Gasteiger partial charge in [-0.05, 0) is 43.4 Å². The lowest BCUT2D eigenvalue weighted by Gasteiger charge is -2.05. The molecule has 0 saturated heterocycles. The Morgan fingerprint density at radius 2 is 2.04 bits per heavy atom. The van der Waals surface area contributed by atoms with E-state index in [1.54, 1.807) is 36.1 Å². The standard InChI is InChI=1S/C22H23N2O/c1-13(2)19-10-22-18(11-23-19)17-9-16(15(4)8-21(17)25-22)20-7-6-14(3)12-24(20)5/h6-13H,1-5H3/q+1/i1D3,3D3,13D. The van der Waals surface area contributed by atoms with Crippen molar-refractivity contribution in [3.63, 3.8) is 0 Å². The normalized spacial score (nSPS) is 19.2. The molecular formula is C22H23N2O+. The Kier molecular flexibility index (Phi) is 2.21. The number of furan rings is 1. The van der Waals surface area contributed by atoms with E-state index >= 15 is 0 Å². The smallest absolute Gasteiger partial charge is 0.212 e. The number of hydrogen-bond donors (Lipinski definition) is 0. The summed E-state index contributed by atoms with van der Waals surface area (Å²) in [5.41, 5.74) is 4.17. The lowest BCUT2D eigenvalue weighted by molar-refractivity contribution is -0.660. The number of benzene rings is 1. The van der Waals surface area contributed by atoms with E-state index in [1.807, 2.05) is 19.1 Å². The van der Waals surface area contributed by atoms with E-state index in [2.05, 4.69) is 4.98 Å². The van der Waals surface area contributed by atoms with Crippen LogP contribution in [0.25, 0.3) is 33.2 Å². The maximum atomic E-state index is 8.28. The summed E-state index contributed by atoms with van der Waals surface area (Å²) >= 11 is 0. The van der Waals surface area contributed by atoms with Crippen LogP contribution in [0, 0.1) is 13.8 Å². The molecule has 1 unspecified atom stereocenters. The highest BCUT2D eigenvalue weighted by Gasteiger charge is 2.17. The van der Waals surface area contributed by atoms with E-state index in [1.165, 1.54) is 13.0 Å². The molecule has 1 atom stereocenters. The average Bonchev–Trinajstić information content (AvgIpc) is 3.02. The Morgan fingerprint density at radius 3 is 2.80 bits per heavy atom. The fourth-order valence-electron chi connectivity index (χ4n) is 3.19. The van der Waals surface area contributed by atoms with Gasteiger partial charge in [0.1, 0.15) is 18.2 Å². The van der Waals surface area contributed by atoms with Crippen molar-refractivity contribution < 1.29 is 18.6 Å². The fourth-order valence-corrected chi connectivity index (χ4v) is 3.19. The summed E-state index contributed by atoms with van der Waals surface area (Å²) in [6.45, 7) is -1.44. The van der Waals surface area contributed by atoms with Gasteiger partial charge in [0.25, 0.3) is 0 Å². The van der Waals surface area contributed by atoms with E-state index in [4.69, 9.17) is 14.0 Å². The van der Waals surface area contributed by atoms with Gasteiger partial charge in [0.05, 0.1) is 0 Å². The van der Waals surface area contributed by atoms with Gasteiger partial charge in [0.2, 0.25) is 5.69 Å². The zero-order valence-corrected chi connectivity index (χ0v) is 14.3. The topological polar surface area (TPSA) is 29.9 Å². The molecule has 0 spiro atoms. The zero-order chi connectivity index (χ0) is 23.6. The van der Waals surface area contributed by atoms with Crippen LogP contribution in [0.5, 0.6) is 0 Å². The molecule has 25 heavy (non-hydrogen) atoms. The van der Waals surface area contributed by atoms with Gasteiger partial charge in [0.15, 0.2) is 6.20 Å². The summed E-state index contributed by atoms with van der Waals surface area (Å²) in [5, 5.41) is 1.52. The number of fused-ring (bicyclic) bond motifs is 3. The van der Waals surface area contributed by atoms with Crippen molar-refractivity contribution in [1.29, 1.82) is 0 Å². The number of rotatable bonds is 2. The summed E-state index contributed by atoms with van der Waals surface area (Å²) in [7, 11) is 1.80. The van der Waals surface area contributed by atoms with Gasteiger partial charge in [-0.1, -0.05) is 13.8 Å². The number of pyridine rings is 2. The molecule has 0 aliphatic heterocycles. The lowest BCUT2D eigenvalue weighted by Crippen LogP contribution is -2.31. The SMILES string of the molecule is [2H]C([2H])([2H])c1ccc(-c2cc3c(cc2C)oc2cc(C([2H])(C)C([2H])([2H])[2H])ncc23)[n+](C)c1. The first-order valence-electron chi connectivity index (χ1n) is 11.5. The molecule has 0 aliphatic carbocycles. The van der Waals surface area contributed by atoms with Crippen LogP contribution < -0.4 is 4.57 Å². The maximum absolute atomic E-state index is 8.28. The minimum absolute atomic E-state index is 0.118. The summed E-state index contributed by atoms with van der Waals surface area (Å²) in [4.78, 5) is 4.27. The predicted octanol–water partition coefficient (Wildman–Crippen LogP) is 5.21. The molecule has 3 heterocycles. The molecule has 4 aromatic rings. The number of hydrogen-bond acceptors (Lipinski definition) is 2. The Balaban J connectivity index is 1.88. The number of aromatic nitrogens is 2. The van der Waals surface area contributed by atoms with Crippen molar-refractivity contribution in [3.8, 4) is 11.3 Å². The Hall–Kier alpha value is -2.68. The monoisotopic (exact) mass is 338 g/mol. The van der Waals surface area contributed by atoms with E-state index in [9.17, 15) is 0 Å². The van der Waals surface area contributed by atoms with Crippen LogP contribution in [0.4, 0.5) is 0 Å². The molecule has 0 bridgehead atoms. The first-order valence-corrected chi connectivity index (χ1v) is 8.04. The molecule has 0 fully saturated rings. The molecule has 3 nitrogen and oxygen atoms in total. The second-order valence-electron chi connectivity index (χ2n) is 6.37. The van der Waals surface area contributed by atoms with Crippen molar-refractivity contribution in [1.82, 2.24) is 4.98 Å². The third-order valence-corrected chi connectivity index (χ3v) is 4.50. The highest BCUT2D eigenvalue weighted by atomic mass is 16.3. The van der Waals surface area contributed by atoms with Gasteiger partial charge in [0, 0.05) is 55.5 Å². The molecule has 3 heteroatoms.